The zero-order valence-electron chi connectivity index (χ0n) is 11.5. The Bertz CT molecular complexity index is 539. The fourth-order valence-electron chi connectivity index (χ4n) is 1.38. The summed E-state index contributed by atoms with van der Waals surface area (Å²) < 4.78 is 4.49. The van der Waals surface area contributed by atoms with Crippen molar-refractivity contribution in [2.75, 3.05) is 20.3 Å². The number of aliphatic hydroxyl groups is 1. The highest BCUT2D eigenvalue weighted by atomic mass is 32.1. The minimum absolute atomic E-state index is 0.0261. The van der Waals surface area contributed by atoms with Gasteiger partial charge in [0.2, 0.25) is 0 Å². The largest absolute Gasteiger partial charge is 0.469 e. The molecule has 0 aliphatic heterocycles. The summed E-state index contributed by atoms with van der Waals surface area (Å²) >= 11 is 1.30. The van der Waals surface area contributed by atoms with Crippen LogP contribution in [0, 0.1) is 18.8 Å². The Morgan fingerprint density at radius 3 is 2.90 bits per heavy atom. The molecule has 1 amide bonds. The van der Waals surface area contributed by atoms with E-state index < -0.39 is 0 Å². The Balaban J connectivity index is 2.59. The summed E-state index contributed by atoms with van der Waals surface area (Å²) in [5.74, 6) is 5.17. The number of hydrogen-bond acceptors (Lipinski definition) is 5. The lowest BCUT2D eigenvalue weighted by Gasteiger charge is -2.01. The summed E-state index contributed by atoms with van der Waals surface area (Å²) in [5.41, 5.74) is 0.929. The van der Waals surface area contributed by atoms with E-state index in [1.165, 1.54) is 18.4 Å². The van der Waals surface area contributed by atoms with Crippen molar-refractivity contribution in [3.05, 3.63) is 21.4 Å². The van der Waals surface area contributed by atoms with Crippen molar-refractivity contribution in [3.63, 3.8) is 0 Å². The summed E-state index contributed by atoms with van der Waals surface area (Å²) in [6.45, 7) is 2.15. The van der Waals surface area contributed by atoms with Crippen molar-refractivity contribution in [2.24, 2.45) is 0 Å². The van der Waals surface area contributed by atoms with Crippen molar-refractivity contribution >= 4 is 23.2 Å². The summed E-state index contributed by atoms with van der Waals surface area (Å²) in [6, 6.07) is 1.76. The van der Waals surface area contributed by atoms with Crippen LogP contribution in [0.5, 0.6) is 0 Å². The van der Waals surface area contributed by atoms with Crippen LogP contribution < -0.4 is 5.32 Å². The van der Waals surface area contributed by atoms with E-state index in [9.17, 15) is 9.59 Å². The summed E-state index contributed by atoms with van der Waals surface area (Å²) in [7, 11) is 1.31. The van der Waals surface area contributed by atoms with Gasteiger partial charge in [0.25, 0.3) is 5.91 Å². The number of carbonyl (C=O) groups is 2. The molecule has 0 atom stereocenters. The van der Waals surface area contributed by atoms with Crippen LogP contribution >= 0.6 is 11.3 Å². The lowest BCUT2D eigenvalue weighted by molar-refractivity contribution is -0.140. The monoisotopic (exact) mass is 295 g/mol. The maximum absolute atomic E-state index is 11.9. The third-order valence-corrected chi connectivity index (χ3v) is 3.57. The molecule has 0 aromatic carbocycles. The Morgan fingerprint density at radius 2 is 2.25 bits per heavy atom. The Hall–Kier alpha value is -1.84. The summed E-state index contributed by atoms with van der Waals surface area (Å²) in [6.07, 6.45) is 0.563. The number of nitrogens with one attached hydrogen (secondary N) is 1. The molecule has 5 nitrogen and oxygen atoms in total. The molecule has 0 saturated carbocycles. The average Bonchev–Trinajstić information content (AvgIpc) is 2.80. The number of carbonyl (C=O) groups excluding carboxylic acids is 2. The third kappa shape index (κ3) is 5.03. The first kappa shape index (κ1) is 16.2. The molecule has 1 rings (SSSR count). The molecule has 0 aliphatic carbocycles. The zero-order chi connectivity index (χ0) is 15.0. The van der Waals surface area contributed by atoms with Gasteiger partial charge in [-0.1, -0.05) is 11.8 Å². The fraction of sp³-hybridized carbons (Fsp3) is 0.429. The van der Waals surface area contributed by atoms with Gasteiger partial charge in [0.05, 0.1) is 29.9 Å². The van der Waals surface area contributed by atoms with Crippen LogP contribution in [-0.4, -0.2) is 37.2 Å². The quantitative estimate of drug-likeness (QED) is 0.629. The maximum atomic E-state index is 11.9. The van der Waals surface area contributed by atoms with Gasteiger partial charge in [-0.2, -0.15) is 0 Å². The molecule has 0 saturated heterocycles. The van der Waals surface area contributed by atoms with Crippen LogP contribution in [0.25, 0.3) is 0 Å². The van der Waals surface area contributed by atoms with Crippen LogP contribution in [0.2, 0.25) is 0 Å². The number of aryl methyl sites for hydroxylation is 1. The highest BCUT2D eigenvalue weighted by Crippen LogP contribution is 2.20. The van der Waals surface area contributed by atoms with Crippen molar-refractivity contribution in [1.82, 2.24) is 5.32 Å². The number of amides is 1. The molecule has 6 heteroatoms. The van der Waals surface area contributed by atoms with Crippen LogP contribution in [0.4, 0.5) is 0 Å². The lowest BCUT2D eigenvalue weighted by atomic mass is 10.2. The Kier molecular flexibility index (Phi) is 6.77. The van der Waals surface area contributed by atoms with Gasteiger partial charge in [0.15, 0.2) is 0 Å². The third-order valence-electron chi connectivity index (χ3n) is 2.42. The van der Waals surface area contributed by atoms with E-state index in [0.717, 1.165) is 10.4 Å². The van der Waals surface area contributed by atoms with Gasteiger partial charge >= 0.3 is 5.97 Å². The molecule has 1 heterocycles. The maximum Gasteiger partial charge on any atom is 0.307 e. The first-order chi connectivity index (χ1) is 9.58. The molecule has 2 N–H and O–H groups in total. The molecule has 0 fully saturated rings. The van der Waals surface area contributed by atoms with Crippen molar-refractivity contribution in [2.45, 2.75) is 19.8 Å². The smallest absolute Gasteiger partial charge is 0.307 e. The van der Waals surface area contributed by atoms with Crippen molar-refractivity contribution in [1.29, 1.82) is 0 Å². The van der Waals surface area contributed by atoms with E-state index in [2.05, 4.69) is 21.9 Å². The van der Waals surface area contributed by atoms with Crippen LogP contribution in [-0.2, 0) is 9.53 Å². The van der Waals surface area contributed by atoms with Gasteiger partial charge in [0, 0.05) is 13.0 Å². The minimum Gasteiger partial charge on any atom is -0.469 e. The molecule has 20 heavy (non-hydrogen) atoms. The predicted octanol–water partition coefficient (Wildman–Crippen LogP) is 1.08. The molecule has 0 aliphatic rings. The van der Waals surface area contributed by atoms with E-state index in [4.69, 9.17) is 5.11 Å². The highest BCUT2D eigenvalue weighted by molar-refractivity contribution is 7.14. The van der Waals surface area contributed by atoms with Gasteiger partial charge < -0.3 is 15.2 Å². The van der Waals surface area contributed by atoms with Crippen LogP contribution in [0.1, 0.15) is 33.0 Å². The molecule has 108 valence electrons. The number of hydrogen-bond donors (Lipinski definition) is 2. The first-order valence-electron chi connectivity index (χ1n) is 6.13. The van der Waals surface area contributed by atoms with E-state index in [1.807, 2.05) is 6.92 Å². The number of thiophene rings is 1. The highest BCUT2D eigenvalue weighted by Gasteiger charge is 2.11. The molecule has 0 unspecified atom stereocenters. The van der Waals surface area contributed by atoms with Gasteiger partial charge in [-0.15, -0.1) is 11.3 Å². The number of ether oxygens (including phenoxy) is 1. The van der Waals surface area contributed by atoms with Crippen molar-refractivity contribution in [3.8, 4) is 11.8 Å². The molecule has 1 aromatic heterocycles. The second kappa shape index (κ2) is 8.35. The second-order valence-electron chi connectivity index (χ2n) is 3.98. The fourth-order valence-corrected chi connectivity index (χ4v) is 2.35. The van der Waals surface area contributed by atoms with Gasteiger partial charge in [-0.05, 0) is 18.6 Å². The molecule has 0 spiro atoms. The summed E-state index contributed by atoms with van der Waals surface area (Å²) in [4.78, 5) is 24.2. The minimum atomic E-state index is -0.358. The van der Waals surface area contributed by atoms with Gasteiger partial charge in [-0.25, -0.2) is 0 Å². The lowest BCUT2D eigenvalue weighted by Crippen LogP contribution is -2.25. The molecular formula is C14H17NO4S. The van der Waals surface area contributed by atoms with Crippen LogP contribution in [0.3, 0.4) is 0 Å². The van der Waals surface area contributed by atoms with E-state index >= 15 is 0 Å². The van der Waals surface area contributed by atoms with Gasteiger partial charge in [-0.3, -0.25) is 9.59 Å². The average molecular weight is 295 g/mol. The topological polar surface area (TPSA) is 75.6 Å². The van der Waals surface area contributed by atoms with Gasteiger partial charge in [0.1, 0.15) is 0 Å². The zero-order valence-corrected chi connectivity index (χ0v) is 12.3. The van der Waals surface area contributed by atoms with Crippen LogP contribution in [0.15, 0.2) is 6.07 Å². The first-order valence-corrected chi connectivity index (χ1v) is 6.95. The number of rotatable bonds is 5. The second-order valence-corrected chi connectivity index (χ2v) is 5.03. The number of esters is 1. The Morgan fingerprint density at radius 1 is 1.50 bits per heavy atom. The molecule has 0 bridgehead atoms. The number of methoxy groups -OCH3 is 1. The van der Waals surface area contributed by atoms with E-state index in [-0.39, 0.29) is 31.4 Å². The SMILES string of the molecule is COC(=O)CCNC(=O)c1cc(C)c(C#CCCO)s1. The molecular weight excluding hydrogens is 278 g/mol. The predicted molar refractivity (Wildman–Crippen MR) is 76.6 cm³/mol. The normalized spacial score (nSPS) is 9.55. The number of aliphatic hydroxyl groups excluding tert-OH is 1. The van der Waals surface area contributed by atoms with Crippen molar-refractivity contribution < 1.29 is 19.4 Å². The van der Waals surface area contributed by atoms with E-state index in [1.54, 1.807) is 6.07 Å². The standard InChI is InChI=1S/C14H17NO4S/c1-10-9-12(20-11(10)5-3-4-8-16)14(18)15-7-6-13(17)19-2/h9,16H,4,6-8H2,1-2H3,(H,15,18). The Labute approximate surface area is 122 Å². The van der Waals surface area contributed by atoms with E-state index in [0.29, 0.717) is 11.3 Å². The summed E-state index contributed by atoms with van der Waals surface area (Å²) in [5, 5.41) is 11.3. The molecule has 1 aromatic rings. The molecule has 0 radical (unpaired) electrons.